The van der Waals surface area contributed by atoms with E-state index in [1.54, 1.807) is 6.07 Å². The summed E-state index contributed by atoms with van der Waals surface area (Å²) in [5.74, 6) is -0.339. The minimum absolute atomic E-state index is 0.0150. The number of carbonyl (C=O) groups excluding carboxylic acids is 1. The number of carbonyl (C=O) groups is 1. The van der Waals surface area contributed by atoms with Gasteiger partial charge in [-0.1, -0.05) is 23.2 Å². The summed E-state index contributed by atoms with van der Waals surface area (Å²) in [5, 5.41) is 0.655. The van der Waals surface area contributed by atoms with Crippen LogP contribution in [0.15, 0.2) is 42.5 Å². The van der Waals surface area contributed by atoms with Crippen molar-refractivity contribution < 1.29 is 18.3 Å². The first-order valence-corrected chi connectivity index (χ1v) is 6.27. The zero-order valence-electron chi connectivity index (χ0n) is 9.95. The van der Waals surface area contributed by atoms with Gasteiger partial charge in [-0.15, -0.1) is 0 Å². The van der Waals surface area contributed by atoms with Crippen LogP contribution >= 0.6 is 23.2 Å². The second-order valence-electron chi connectivity index (χ2n) is 3.86. The van der Waals surface area contributed by atoms with Crippen molar-refractivity contribution >= 4 is 29.0 Å². The second-order valence-corrected chi connectivity index (χ2v) is 4.70. The number of hydrogen-bond donors (Lipinski definition) is 0. The largest absolute Gasteiger partial charge is 0.435 e. The summed E-state index contributed by atoms with van der Waals surface area (Å²) >= 11 is 11.7. The highest BCUT2D eigenvalue weighted by atomic mass is 35.5. The van der Waals surface area contributed by atoms with Gasteiger partial charge in [-0.25, -0.2) is 0 Å². The van der Waals surface area contributed by atoms with Gasteiger partial charge in [0.05, 0.1) is 5.02 Å². The normalized spacial score (nSPS) is 10.7. The minimum atomic E-state index is -2.90. The summed E-state index contributed by atoms with van der Waals surface area (Å²) in [6.45, 7) is -2.90. The third-order valence-electron chi connectivity index (χ3n) is 2.52. The highest BCUT2D eigenvalue weighted by Gasteiger charge is 2.13. The molecule has 2 rings (SSSR count). The topological polar surface area (TPSA) is 26.3 Å². The van der Waals surface area contributed by atoms with Crippen LogP contribution in [0.4, 0.5) is 8.78 Å². The molecule has 0 spiro atoms. The Balaban J connectivity index is 2.25. The molecule has 0 aromatic heterocycles. The van der Waals surface area contributed by atoms with E-state index in [-0.39, 0.29) is 16.6 Å². The Morgan fingerprint density at radius 2 is 1.70 bits per heavy atom. The fourth-order valence-corrected chi connectivity index (χ4v) is 2.11. The molecule has 0 heterocycles. The molecule has 0 unspecified atom stereocenters. The monoisotopic (exact) mass is 316 g/mol. The average Bonchev–Trinajstić information content (AvgIpc) is 2.38. The molecular formula is C14H8Cl2F2O2. The average molecular weight is 317 g/mol. The standard InChI is InChI=1S/C14H8Cl2F2O2/c15-9-3-6-11(12(16)7-9)13(19)8-1-4-10(5-2-8)20-14(17)18/h1-7,14H. The second kappa shape index (κ2) is 6.20. The molecular weight excluding hydrogens is 309 g/mol. The van der Waals surface area contributed by atoms with E-state index in [1.807, 2.05) is 0 Å². The van der Waals surface area contributed by atoms with Crippen molar-refractivity contribution in [3.8, 4) is 5.75 Å². The third-order valence-corrected chi connectivity index (χ3v) is 3.07. The van der Waals surface area contributed by atoms with Crippen LogP contribution in [-0.4, -0.2) is 12.4 Å². The Hall–Kier alpha value is -1.65. The molecule has 20 heavy (non-hydrogen) atoms. The molecule has 0 N–H and O–H groups in total. The lowest BCUT2D eigenvalue weighted by Crippen LogP contribution is -2.04. The zero-order valence-corrected chi connectivity index (χ0v) is 11.5. The van der Waals surface area contributed by atoms with Crippen LogP contribution in [0.3, 0.4) is 0 Å². The van der Waals surface area contributed by atoms with Crippen molar-refractivity contribution in [1.82, 2.24) is 0 Å². The summed E-state index contributed by atoms with van der Waals surface area (Å²) in [6, 6.07) is 9.90. The molecule has 2 nitrogen and oxygen atoms in total. The SMILES string of the molecule is O=C(c1ccc(OC(F)F)cc1)c1ccc(Cl)cc1Cl. The Kier molecular flexibility index (Phi) is 4.57. The fraction of sp³-hybridized carbons (Fsp3) is 0.0714. The summed E-state index contributed by atoms with van der Waals surface area (Å²) in [6.07, 6.45) is 0. The molecule has 0 atom stereocenters. The Morgan fingerprint density at radius 1 is 1.05 bits per heavy atom. The molecule has 0 saturated carbocycles. The Labute approximate surface area is 123 Å². The van der Waals surface area contributed by atoms with E-state index in [4.69, 9.17) is 23.2 Å². The summed E-state index contributed by atoms with van der Waals surface area (Å²) in [7, 11) is 0. The molecule has 0 aliphatic heterocycles. The van der Waals surface area contributed by atoms with E-state index in [0.717, 1.165) is 0 Å². The molecule has 0 aliphatic carbocycles. The summed E-state index contributed by atoms with van der Waals surface area (Å²) < 4.78 is 28.2. The van der Waals surface area contributed by atoms with Crippen LogP contribution in [0.1, 0.15) is 15.9 Å². The molecule has 2 aromatic carbocycles. The molecule has 0 amide bonds. The van der Waals surface area contributed by atoms with E-state index in [2.05, 4.69) is 4.74 Å². The predicted octanol–water partition coefficient (Wildman–Crippen LogP) is 4.83. The van der Waals surface area contributed by atoms with Gasteiger partial charge >= 0.3 is 6.61 Å². The van der Waals surface area contributed by atoms with Gasteiger partial charge in [0, 0.05) is 16.1 Å². The molecule has 0 saturated heterocycles. The summed E-state index contributed by atoms with van der Waals surface area (Å²) in [5.41, 5.74) is 0.606. The van der Waals surface area contributed by atoms with Crippen LogP contribution < -0.4 is 4.74 Å². The van der Waals surface area contributed by atoms with Crippen LogP contribution in [0.2, 0.25) is 10.0 Å². The highest BCUT2D eigenvalue weighted by Crippen LogP contribution is 2.24. The van der Waals surface area contributed by atoms with Crippen molar-refractivity contribution in [3.63, 3.8) is 0 Å². The van der Waals surface area contributed by atoms with Crippen molar-refractivity contribution in [2.45, 2.75) is 6.61 Å². The molecule has 6 heteroatoms. The molecule has 104 valence electrons. The van der Waals surface area contributed by atoms with Crippen molar-refractivity contribution in [2.24, 2.45) is 0 Å². The maximum Gasteiger partial charge on any atom is 0.387 e. The first-order chi connectivity index (χ1) is 9.47. The number of benzene rings is 2. The van der Waals surface area contributed by atoms with Crippen molar-refractivity contribution in [3.05, 3.63) is 63.6 Å². The predicted molar refractivity (Wildman–Crippen MR) is 73.0 cm³/mol. The Morgan fingerprint density at radius 3 is 2.25 bits per heavy atom. The van der Waals surface area contributed by atoms with Gasteiger partial charge in [-0.2, -0.15) is 8.78 Å². The number of alkyl halides is 2. The number of rotatable bonds is 4. The van der Waals surface area contributed by atoms with Gasteiger partial charge < -0.3 is 4.74 Å². The van der Waals surface area contributed by atoms with Gasteiger partial charge in [0.2, 0.25) is 0 Å². The van der Waals surface area contributed by atoms with E-state index in [0.29, 0.717) is 16.1 Å². The minimum Gasteiger partial charge on any atom is -0.435 e. The quantitative estimate of drug-likeness (QED) is 0.755. The molecule has 0 radical (unpaired) electrons. The van der Waals surface area contributed by atoms with Crippen molar-refractivity contribution in [1.29, 1.82) is 0 Å². The maximum atomic E-state index is 12.2. The lowest BCUT2D eigenvalue weighted by molar-refractivity contribution is -0.0498. The lowest BCUT2D eigenvalue weighted by atomic mass is 10.0. The van der Waals surface area contributed by atoms with Gasteiger partial charge in [0.1, 0.15) is 5.75 Å². The molecule has 0 aliphatic rings. The number of ether oxygens (including phenoxy) is 1. The van der Waals surface area contributed by atoms with Crippen LogP contribution in [0.5, 0.6) is 5.75 Å². The molecule has 0 bridgehead atoms. The van der Waals surface area contributed by atoms with Crippen LogP contribution in [0.25, 0.3) is 0 Å². The van der Waals surface area contributed by atoms with Gasteiger partial charge in [0.15, 0.2) is 5.78 Å². The first-order valence-electron chi connectivity index (χ1n) is 5.52. The first kappa shape index (κ1) is 14.8. The van der Waals surface area contributed by atoms with E-state index < -0.39 is 6.61 Å². The van der Waals surface area contributed by atoms with E-state index in [1.165, 1.54) is 36.4 Å². The highest BCUT2D eigenvalue weighted by molar-refractivity contribution is 6.37. The van der Waals surface area contributed by atoms with Gasteiger partial charge in [-0.05, 0) is 42.5 Å². The van der Waals surface area contributed by atoms with Gasteiger partial charge in [-0.3, -0.25) is 4.79 Å². The number of hydrogen-bond acceptors (Lipinski definition) is 2. The van der Waals surface area contributed by atoms with E-state index in [9.17, 15) is 13.6 Å². The molecule has 2 aromatic rings. The van der Waals surface area contributed by atoms with Crippen LogP contribution in [-0.2, 0) is 0 Å². The summed E-state index contributed by atoms with van der Waals surface area (Å²) in [4.78, 5) is 12.2. The van der Waals surface area contributed by atoms with E-state index >= 15 is 0 Å². The Bertz CT molecular complexity index is 628. The smallest absolute Gasteiger partial charge is 0.387 e. The zero-order chi connectivity index (χ0) is 14.7. The molecule has 0 fully saturated rings. The third kappa shape index (κ3) is 3.46. The van der Waals surface area contributed by atoms with Crippen molar-refractivity contribution in [2.75, 3.05) is 0 Å². The fourth-order valence-electron chi connectivity index (χ4n) is 1.62. The maximum absolute atomic E-state index is 12.2. The number of halogens is 4. The van der Waals surface area contributed by atoms with Crippen LogP contribution in [0, 0.1) is 0 Å². The lowest BCUT2D eigenvalue weighted by Gasteiger charge is -2.06. The van der Waals surface area contributed by atoms with Gasteiger partial charge in [0.25, 0.3) is 0 Å². The number of ketones is 1.